The van der Waals surface area contributed by atoms with Crippen LogP contribution in [0, 0.1) is 5.41 Å². The Morgan fingerprint density at radius 3 is 1.83 bits per heavy atom. The lowest BCUT2D eigenvalue weighted by atomic mass is 9.78. The second kappa shape index (κ2) is 18.0. The van der Waals surface area contributed by atoms with Crippen molar-refractivity contribution in [2.75, 3.05) is 16.5 Å². The van der Waals surface area contributed by atoms with E-state index < -0.39 is 0 Å². The molecule has 6 aromatic carbocycles. The lowest BCUT2D eigenvalue weighted by Gasteiger charge is -2.33. The van der Waals surface area contributed by atoms with Gasteiger partial charge in [-0.3, -0.25) is 4.57 Å². The fourth-order valence-corrected chi connectivity index (χ4v) is 10.5. The minimum Gasteiger partial charge on any atom is -0.457 e. The predicted molar refractivity (Wildman–Crippen MR) is 298 cm³/mol. The first-order valence-corrected chi connectivity index (χ1v) is 25.4. The van der Waals surface area contributed by atoms with E-state index >= 15 is 0 Å². The van der Waals surface area contributed by atoms with Crippen LogP contribution in [0.15, 0.2) is 158 Å². The molecule has 5 nitrogen and oxygen atoms in total. The van der Waals surface area contributed by atoms with Crippen LogP contribution in [-0.4, -0.2) is 16.2 Å². The van der Waals surface area contributed by atoms with Gasteiger partial charge in [0.15, 0.2) is 0 Å². The van der Waals surface area contributed by atoms with Gasteiger partial charge in [0.2, 0.25) is 0 Å². The molecule has 1 aliphatic heterocycles. The van der Waals surface area contributed by atoms with Crippen LogP contribution < -0.4 is 14.5 Å². The van der Waals surface area contributed by atoms with Crippen molar-refractivity contribution < 1.29 is 4.74 Å². The smallest absolute Gasteiger partial charge is 0.137 e. The van der Waals surface area contributed by atoms with Crippen LogP contribution in [0.3, 0.4) is 0 Å². The second-order valence-corrected chi connectivity index (χ2v) is 23.9. The molecule has 8 aromatic rings. The molecule has 0 fully saturated rings. The van der Waals surface area contributed by atoms with Crippen molar-refractivity contribution in [2.24, 2.45) is 5.41 Å². The molecule has 0 amide bonds. The summed E-state index contributed by atoms with van der Waals surface area (Å²) in [4.78, 5) is 9.97. The number of para-hydroxylation sites is 1. The van der Waals surface area contributed by atoms with Gasteiger partial charge < -0.3 is 14.5 Å². The van der Waals surface area contributed by atoms with Crippen molar-refractivity contribution in [3.63, 3.8) is 0 Å². The molecule has 3 heterocycles. The number of aromatic nitrogens is 2. The van der Waals surface area contributed by atoms with Gasteiger partial charge in [0.05, 0.1) is 17.7 Å². The largest absolute Gasteiger partial charge is 0.457 e. The molecule has 0 bridgehead atoms. The number of nitrogens with zero attached hydrogens (tertiary/aromatic N) is 4. The molecule has 0 radical (unpaired) electrons. The van der Waals surface area contributed by atoms with E-state index in [0.717, 1.165) is 39.6 Å². The predicted octanol–water partition coefficient (Wildman–Crippen LogP) is 18.0. The number of ether oxygens (including phenoxy) is 1. The third kappa shape index (κ3) is 9.16. The van der Waals surface area contributed by atoms with Gasteiger partial charge >= 0.3 is 0 Å². The van der Waals surface area contributed by atoms with Crippen LogP contribution in [0.2, 0.25) is 0 Å². The van der Waals surface area contributed by atoms with Crippen molar-refractivity contribution in [1.82, 2.24) is 9.55 Å². The Bertz CT molecular complexity index is 3230. The standard InChI is InChI=1S/C65H74N4O/c1-42(2)52-28-22-29-53(43(3)4)60(52)44-33-49(67-40-58(64(11,12)13)68(41-67)48-26-21-25-47(35-48)65(14,15)45-23-17-16-18-24-45)37-50(34-44)70-51-38-55(63(8,9)10)61-54-27-19-20-30-56(54)69(57(61)39-51)59-36-46(31-32-66-59)62(5,6)7/h16-40,42-43H,41H2,1-15H3. The molecular weight excluding hydrogens is 853 g/mol. The fraction of sp³-hybridized carbons (Fsp3) is 0.338. The van der Waals surface area contributed by atoms with Gasteiger partial charge in [0, 0.05) is 63.2 Å². The highest BCUT2D eigenvalue weighted by Gasteiger charge is 2.34. The summed E-state index contributed by atoms with van der Waals surface area (Å²) in [5.74, 6) is 3.15. The van der Waals surface area contributed by atoms with Gasteiger partial charge in [-0.2, -0.15) is 0 Å². The van der Waals surface area contributed by atoms with E-state index in [9.17, 15) is 0 Å². The topological polar surface area (TPSA) is 33.5 Å². The average Bonchev–Trinajstić information content (AvgIpc) is 3.92. The maximum atomic E-state index is 7.36. The summed E-state index contributed by atoms with van der Waals surface area (Å²) in [7, 11) is 0. The number of hydrogen-bond acceptors (Lipinski definition) is 4. The maximum absolute atomic E-state index is 7.36. The van der Waals surface area contributed by atoms with Crippen LogP contribution in [0.1, 0.15) is 149 Å². The highest BCUT2D eigenvalue weighted by atomic mass is 16.5. The molecule has 0 aliphatic carbocycles. The number of pyridine rings is 1. The fourth-order valence-electron chi connectivity index (χ4n) is 10.5. The Hall–Kier alpha value is -6.59. The van der Waals surface area contributed by atoms with Gasteiger partial charge in [0.25, 0.3) is 0 Å². The summed E-state index contributed by atoms with van der Waals surface area (Å²) >= 11 is 0. The Kier molecular flexibility index (Phi) is 12.4. The number of rotatable bonds is 10. The van der Waals surface area contributed by atoms with E-state index in [-0.39, 0.29) is 21.7 Å². The van der Waals surface area contributed by atoms with Crippen LogP contribution >= 0.6 is 0 Å². The molecule has 5 heteroatoms. The Labute approximate surface area is 418 Å². The summed E-state index contributed by atoms with van der Waals surface area (Å²) in [5.41, 5.74) is 15.4. The first kappa shape index (κ1) is 48.4. The van der Waals surface area contributed by atoms with Crippen molar-refractivity contribution >= 4 is 33.2 Å². The maximum Gasteiger partial charge on any atom is 0.137 e. The number of benzene rings is 6. The van der Waals surface area contributed by atoms with E-state index in [1.165, 1.54) is 61.1 Å². The number of allylic oxidation sites excluding steroid dienone is 1. The molecule has 0 saturated carbocycles. The van der Waals surface area contributed by atoms with Crippen LogP contribution in [-0.2, 0) is 16.2 Å². The zero-order valence-electron chi connectivity index (χ0n) is 44.5. The lowest BCUT2D eigenvalue weighted by molar-refractivity contribution is 0.480. The van der Waals surface area contributed by atoms with Crippen molar-refractivity contribution in [3.8, 4) is 28.4 Å². The molecule has 1 aliphatic rings. The summed E-state index contributed by atoms with van der Waals surface area (Å²) in [6.45, 7) is 35.2. The van der Waals surface area contributed by atoms with Crippen LogP contribution in [0.4, 0.5) is 11.4 Å². The summed E-state index contributed by atoms with van der Waals surface area (Å²) < 4.78 is 9.69. The molecule has 360 valence electrons. The lowest BCUT2D eigenvalue weighted by Crippen LogP contribution is -2.31. The molecule has 9 rings (SSSR count). The van der Waals surface area contributed by atoms with E-state index in [1.54, 1.807) is 0 Å². The zero-order chi connectivity index (χ0) is 50.1. The van der Waals surface area contributed by atoms with Gasteiger partial charge in [-0.15, -0.1) is 0 Å². The molecule has 0 spiro atoms. The van der Waals surface area contributed by atoms with E-state index in [1.807, 2.05) is 6.20 Å². The van der Waals surface area contributed by atoms with Gasteiger partial charge in [0.1, 0.15) is 17.3 Å². The minimum atomic E-state index is -0.191. The summed E-state index contributed by atoms with van der Waals surface area (Å²) in [5, 5.41) is 2.44. The number of fused-ring (bicyclic) bond motifs is 3. The SMILES string of the molecule is CC(C)c1cccc(C(C)C)c1-c1cc(Oc2cc(C(C)(C)C)c3c4ccccc4n(-c4cc(C(C)(C)C)ccn4)c3c2)cc(N2C=C(C(C)(C)C)N(c3cccc(C(C)(C)c4ccccc4)c3)C2)c1. The van der Waals surface area contributed by atoms with Crippen molar-refractivity contribution in [2.45, 2.75) is 132 Å². The zero-order valence-corrected chi connectivity index (χ0v) is 44.5. The third-order valence-electron chi connectivity index (χ3n) is 14.5. The first-order chi connectivity index (χ1) is 33.0. The minimum absolute atomic E-state index is 0.0355. The average molecular weight is 927 g/mol. The highest BCUT2D eigenvalue weighted by molar-refractivity contribution is 6.11. The summed E-state index contributed by atoms with van der Waals surface area (Å²) in [6.07, 6.45) is 4.33. The van der Waals surface area contributed by atoms with E-state index in [0.29, 0.717) is 18.5 Å². The molecule has 0 N–H and O–H groups in total. The molecular formula is C65H74N4O. The Balaban J connectivity index is 1.23. The van der Waals surface area contributed by atoms with Gasteiger partial charge in [-0.1, -0.05) is 183 Å². The quantitative estimate of drug-likeness (QED) is 0.137. The van der Waals surface area contributed by atoms with E-state index in [2.05, 4.69) is 264 Å². The monoisotopic (exact) mass is 927 g/mol. The second-order valence-electron chi connectivity index (χ2n) is 23.9. The van der Waals surface area contributed by atoms with Crippen molar-refractivity contribution in [3.05, 3.63) is 191 Å². The van der Waals surface area contributed by atoms with Gasteiger partial charge in [-0.05, 0) is 116 Å². The normalized spacial score (nSPS) is 13.9. The molecule has 70 heavy (non-hydrogen) atoms. The van der Waals surface area contributed by atoms with Crippen LogP contribution in [0.25, 0.3) is 38.8 Å². The molecule has 0 atom stereocenters. The van der Waals surface area contributed by atoms with E-state index in [4.69, 9.17) is 9.72 Å². The Morgan fingerprint density at radius 2 is 1.17 bits per heavy atom. The molecule has 0 unspecified atom stereocenters. The number of hydrogen-bond donors (Lipinski definition) is 0. The number of anilines is 2. The van der Waals surface area contributed by atoms with Gasteiger partial charge in [-0.25, -0.2) is 4.98 Å². The summed E-state index contributed by atoms with van der Waals surface area (Å²) in [6, 6.07) is 51.5. The van der Waals surface area contributed by atoms with Crippen LogP contribution in [0.5, 0.6) is 11.5 Å². The third-order valence-corrected chi connectivity index (χ3v) is 14.5. The van der Waals surface area contributed by atoms with Crippen molar-refractivity contribution in [1.29, 1.82) is 0 Å². The molecule has 2 aromatic heterocycles. The Morgan fingerprint density at radius 1 is 0.529 bits per heavy atom. The highest BCUT2D eigenvalue weighted by Crippen LogP contribution is 2.46. The molecule has 0 saturated heterocycles. The first-order valence-electron chi connectivity index (χ1n) is 25.4.